The van der Waals surface area contributed by atoms with Gasteiger partial charge < -0.3 is 15.8 Å². The summed E-state index contributed by atoms with van der Waals surface area (Å²) in [5.74, 6) is 0.735. The first-order chi connectivity index (χ1) is 12.1. The summed E-state index contributed by atoms with van der Waals surface area (Å²) in [4.78, 5) is 4.62. The van der Waals surface area contributed by atoms with E-state index in [2.05, 4.69) is 10.3 Å². The second kappa shape index (κ2) is 7.91. The third-order valence-corrected chi connectivity index (χ3v) is 4.38. The number of hydrogen-bond donors (Lipinski definition) is 2. The van der Waals surface area contributed by atoms with E-state index in [1.54, 1.807) is 6.07 Å². The quantitative estimate of drug-likeness (QED) is 0.649. The molecular formula is C19H19Cl2N3O. The lowest BCUT2D eigenvalue weighted by Crippen LogP contribution is -2.11. The molecule has 0 radical (unpaired) electrons. The normalized spacial score (nSPS) is 10.9. The highest BCUT2D eigenvalue weighted by atomic mass is 35.5. The second-order valence-corrected chi connectivity index (χ2v) is 6.53. The van der Waals surface area contributed by atoms with Gasteiger partial charge in [-0.3, -0.25) is 0 Å². The van der Waals surface area contributed by atoms with Gasteiger partial charge in [-0.05, 0) is 36.8 Å². The summed E-state index contributed by atoms with van der Waals surface area (Å²) in [6.07, 6.45) is 0. The fourth-order valence-corrected chi connectivity index (χ4v) is 3.11. The average Bonchev–Trinajstić information content (AvgIpc) is 2.59. The van der Waals surface area contributed by atoms with Crippen LogP contribution < -0.4 is 15.8 Å². The van der Waals surface area contributed by atoms with Crippen LogP contribution in [0.2, 0.25) is 10.0 Å². The van der Waals surface area contributed by atoms with Gasteiger partial charge in [0.15, 0.2) is 0 Å². The van der Waals surface area contributed by atoms with Crippen molar-refractivity contribution in [3.8, 4) is 5.75 Å². The molecule has 0 fully saturated rings. The first-order valence-electron chi connectivity index (χ1n) is 7.99. The summed E-state index contributed by atoms with van der Waals surface area (Å²) in [6, 6.07) is 13.4. The number of aryl methyl sites for hydroxylation is 1. The van der Waals surface area contributed by atoms with Crippen molar-refractivity contribution in [2.45, 2.75) is 13.5 Å². The van der Waals surface area contributed by atoms with Gasteiger partial charge in [-0.1, -0.05) is 41.4 Å². The smallest absolute Gasteiger partial charge is 0.145 e. The largest absolute Gasteiger partial charge is 0.490 e. The monoisotopic (exact) mass is 375 g/mol. The molecule has 0 amide bonds. The summed E-state index contributed by atoms with van der Waals surface area (Å²) in [5, 5.41) is 5.70. The highest BCUT2D eigenvalue weighted by Gasteiger charge is 2.10. The van der Waals surface area contributed by atoms with Gasteiger partial charge in [0.1, 0.15) is 17.9 Å². The molecule has 0 atom stereocenters. The number of para-hydroxylation sites is 1. The molecule has 0 bridgehead atoms. The molecule has 0 saturated carbocycles. The molecule has 6 heteroatoms. The van der Waals surface area contributed by atoms with E-state index >= 15 is 0 Å². The van der Waals surface area contributed by atoms with E-state index in [-0.39, 0.29) is 0 Å². The van der Waals surface area contributed by atoms with Gasteiger partial charge >= 0.3 is 0 Å². The molecule has 2 aromatic carbocycles. The zero-order valence-corrected chi connectivity index (χ0v) is 15.4. The van der Waals surface area contributed by atoms with Gasteiger partial charge in [-0.15, -0.1) is 0 Å². The fraction of sp³-hybridized carbons (Fsp3) is 0.211. The predicted octanol–water partition coefficient (Wildman–Crippen LogP) is 4.80. The Hall–Kier alpha value is -2.01. The first-order valence-corrected chi connectivity index (χ1v) is 8.75. The number of pyridine rings is 1. The number of halogens is 2. The fourth-order valence-electron chi connectivity index (χ4n) is 2.64. The minimum atomic E-state index is 0.456. The lowest BCUT2D eigenvalue weighted by Gasteiger charge is -2.14. The van der Waals surface area contributed by atoms with Crippen LogP contribution in [-0.4, -0.2) is 18.1 Å². The number of fused-ring (bicyclic) bond motifs is 1. The molecule has 0 saturated heterocycles. The standard InChI is InChI=1S/C19H19Cl2N3O/c1-12-9-17(23-11-13-5-6-14(20)10-16(13)21)15-3-2-4-18(19(15)24-12)25-8-7-22/h2-6,9-10H,7-8,11,22H2,1H3,(H,23,24). The van der Waals surface area contributed by atoms with Gasteiger partial charge in [0.05, 0.1) is 0 Å². The van der Waals surface area contributed by atoms with Gasteiger partial charge in [0.25, 0.3) is 0 Å². The SMILES string of the molecule is Cc1cc(NCc2ccc(Cl)cc2Cl)c2cccc(OCCN)c2n1. The molecule has 0 aliphatic rings. The maximum absolute atomic E-state index is 6.26. The van der Waals surface area contributed by atoms with Crippen LogP contribution in [0.15, 0.2) is 42.5 Å². The third kappa shape index (κ3) is 4.15. The molecule has 0 aliphatic carbocycles. The number of nitrogens with zero attached hydrogens (tertiary/aromatic N) is 1. The van der Waals surface area contributed by atoms with Crippen molar-refractivity contribution in [3.63, 3.8) is 0 Å². The number of nitrogens with one attached hydrogen (secondary N) is 1. The Morgan fingerprint density at radius 1 is 1.16 bits per heavy atom. The summed E-state index contributed by atoms with van der Waals surface area (Å²) >= 11 is 12.2. The van der Waals surface area contributed by atoms with Crippen LogP contribution in [0, 0.1) is 6.92 Å². The Morgan fingerprint density at radius 2 is 2.00 bits per heavy atom. The molecule has 1 aromatic heterocycles. The number of nitrogens with two attached hydrogens (primary N) is 1. The minimum Gasteiger partial charge on any atom is -0.490 e. The maximum Gasteiger partial charge on any atom is 0.145 e. The molecule has 0 unspecified atom stereocenters. The topological polar surface area (TPSA) is 60.2 Å². The van der Waals surface area contributed by atoms with Crippen molar-refractivity contribution < 1.29 is 4.74 Å². The van der Waals surface area contributed by atoms with E-state index in [0.717, 1.165) is 33.6 Å². The second-order valence-electron chi connectivity index (χ2n) is 5.69. The zero-order chi connectivity index (χ0) is 17.8. The van der Waals surface area contributed by atoms with Gasteiger partial charge in [-0.25, -0.2) is 4.98 Å². The van der Waals surface area contributed by atoms with Crippen LogP contribution in [0.4, 0.5) is 5.69 Å². The van der Waals surface area contributed by atoms with Crippen LogP contribution in [0.3, 0.4) is 0 Å². The van der Waals surface area contributed by atoms with E-state index in [1.165, 1.54) is 0 Å². The van der Waals surface area contributed by atoms with E-state index in [0.29, 0.717) is 29.7 Å². The molecule has 3 rings (SSSR count). The lowest BCUT2D eigenvalue weighted by atomic mass is 10.1. The summed E-state index contributed by atoms with van der Waals surface area (Å²) in [6.45, 7) is 3.46. The van der Waals surface area contributed by atoms with Crippen molar-refractivity contribution in [3.05, 3.63) is 63.8 Å². The number of hydrogen-bond acceptors (Lipinski definition) is 4. The molecule has 4 nitrogen and oxygen atoms in total. The highest BCUT2D eigenvalue weighted by molar-refractivity contribution is 6.35. The van der Waals surface area contributed by atoms with Crippen LogP contribution in [0.25, 0.3) is 10.9 Å². The van der Waals surface area contributed by atoms with Gasteiger partial charge in [0.2, 0.25) is 0 Å². The molecule has 3 N–H and O–H groups in total. The Labute approximate surface area is 156 Å². The van der Waals surface area contributed by atoms with Crippen molar-refractivity contribution in [1.29, 1.82) is 0 Å². The number of aromatic nitrogens is 1. The maximum atomic E-state index is 6.26. The lowest BCUT2D eigenvalue weighted by molar-refractivity contribution is 0.331. The third-order valence-electron chi connectivity index (χ3n) is 3.79. The predicted molar refractivity (Wildman–Crippen MR) is 105 cm³/mol. The van der Waals surface area contributed by atoms with Crippen LogP contribution in [-0.2, 0) is 6.54 Å². The van der Waals surface area contributed by atoms with E-state index in [9.17, 15) is 0 Å². The Balaban J connectivity index is 1.93. The van der Waals surface area contributed by atoms with Crippen LogP contribution >= 0.6 is 23.2 Å². The van der Waals surface area contributed by atoms with Gasteiger partial charge in [-0.2, -0.15) is 0 Å². The van der Waals surface area contributed by atoms with E-state index in [4.69, 9.17) is 33.7 Å². The molecule has 1 heterocycles. The molecule has 25 heavy (non-hydrogen) atoms. The molecule has 3 aromatic rings. The summed E-state index contributed by atoms with van der Waals surface area (Å²) in [7, 11) is 0. The van der Waals surface area contributed by atoms with E-state index < -0.39 is 0 Å². The van der Waals surface area contributed by atoms with Crippen molar-refractivity contribution in [2.75, 3.05) is 18.5 Å². The van der Waals surface area contributed by atoms with Crippen molar-refractivity contribution in [1.82, 2.24) is 4.98 Å². The van der Waals surface area contributed by atoms with Crippen molar-refractivity contribution >= 4 is 39.8 Å². The van der Waals surface area contributed by atoms with Gasteiger partial charge in [0, 0.05) is 39.9 Å². The summed E-state index contributed by atoms with van der Waals surface area (Å²) < 4.78 is 5.72. The summed E-state index contributed by atoms with van der Waals surface area (Å²) in [5.41, 5.74) is 9.22. The molecular weight excluding hydrogens is 357 g/mol. The minimum absolute atomic E-state index is 0.456. The number of benzene rings is 2. The Morgan fingerprint density at radius 3 is 2.76 bits per heavy atom. The number of anilines is 1. The van der Waals surface area contributed by atoms with Crippen LogP contribution in [0.1, 0.15) is 11.3 Å². The molecule has 130 valence electrons. The number of ether oxygens (including phenoxy) is 1. The first kappa shape index (κ1) is 17.8. The molecule has 0 spiro atoms. The number of rotatable bonds is 6. The Kier molecular flexibility index (Phi) is 5.63. The van der Waals surface area contributed by atoms with Crippen LogP contribution in [0.5, 0.6) is 5.75 Å². The average molecular weight is 376 g/mol. The Bertz CT molecular complexity index is 899. The molecule has 0 aliphatic heterocycles. The zero-order valence-electron chi connectivity index (χ0n) is 13.9. The highest BCUT2D eigenvalue weighted by Crippen LogP contribution is 2.31. The van der Waals surface area contributed by atoms with E-state index in [1.807, 2.05) is 43.3 Å². The van der Waals surface area contributed by atoms with Crippen molar-refractivity contribution in [2.24, 2.45) is 5.73 Å².